The van der Waals surface area contributed by atoms with Crippen molar-refractivity contribution in [3.63, 3.8) is 0 Å². The minimum atomic E-state index is -0.270. The van der Waals surface area contributed by atoms with E-state index in [1.807, 2.05) is 32.9 Å². The predicted octanol–water partition coefficient (Wildman–Crippen LogP) is 2.92. The second kappa shape index (κ2) is 7.26. The first kappa shape index (κ1) is 16.5. The first-order valence-corrected chi connectivity index (χ1v) is 7.60. The molecular weight excluding hydrogens is 376 g/mol. The standard InChI is InChI=1S/C13H18Br2N2O2/c1-7(2)17-13(19)8(3)16-6-9-4-10(14)12(18)11(15)5-9/h4-5,7-8,16,18H,6H2,1-3H3,(H,17,19). The van der Waals surface area contributed by atoms with E-state index < -0.39 is 0 Å². The first-order valence-electron chi connectivity index (χ1n) is 6.02. The number of nitrogens with one attached hydrogen (secondary N) is 2. The quantitative estimate of drug-likeness (QED) is 0.720. The van der Waals surface area contributed by atoms with Crippen molar-refractivity contribution in [3.05, 3.63) is 26.6 Å². The Morgan fingerprint density at radius 1 is 1.26 bits per heavy atom. The zero-order valence-electron chi connectivity index (χ0n) is 11.1. The molecule has 0 radical (unpaired) electrons. The molecule has 0 saturated heterocycles. The van der Waals surface area contributed by atoms with Gasteiger partial charge in [0.05, 0.1) is 15.0 Å². The van der Waals surface area contributed by atoms with Gasteiger partial charge in [0.2, 0.25) is 5.91 Å². The van der Waals surface area contributed by atoms with Crippen LogP contribution < -0.4 is 10.6 Å². The predicted molar refractivity (Wildman–Crippen MR) is 83.1 cm³/mol. The molecule has 1 aromatic rings. The van der Waals surface area contributed by atoms with Gasteiger partial charge in [-0.05, 0) is 70.3 Å². The van der Waals surface area contributed by atoms with E-state index in [4.69, 9.17) is 0 Å². The van der Waals surface area contributed by atoms with Gasteiger partial charge in [0.1, 0.15) is 5.75 Å². The number of amides is 1. The lowest BCUT2D eigenvalue weighted by atomic mass is 10.2. The summed E-state index contributed by atoms with van der Waals surface area (Å²) in [6.07, 6.45) is 0. The number of benzene rings is 1. The van der Waals surface area contributed by atoms with E-state index in [0.29, 0.717) is 15.5 Å². The number of hydrogen-bond donors (Lipinski definition) is 3. The summed E-state index contributed by atoms with van der Waals surface area (Å²) in [5, 5.41) is 15.6. The van der Waals surface area contributed by atoms with Crippen LogP contribution in [-0.4, -0.2) is 23.1 Å². The molecule has 0 aliphatic carbocycles. The minimum absolute atomic E-state index is 0.0214. The highest BCUT2D eigenvalue weighted by molar-refractivity contribution is 9.11. The highest BCUT2D eigenvalue weighted by Crippen LogP contribution is 2.33. The fraction of sp³-hybridized carbons (Fsp3) is 0.462. The van der Waals surface area contributed by atoms with Crippen molar-refractivity contribution >= 4 is 37.8 Å². The monoisotopic (exact) mass is 392 g/mol. The number of hydrogen-bond acceptors (Lipinski definition) is 3. The second-order valence-electron chi connectivity index (χ2n) is 4.67. The van der Waals surface area contributed by atoms with E-state index in [2.05, 4.69) is 42.5 Å². The molecule has 0 aromatic heterocycles. The summed E-state index contributed by atoms with van der Waals surface area (Å²) in [5.41, 5.74) is 0.973. The molecule has 19 heavy (non-hydrogen) atoms. The average Bonchev–Trinajstić information content (AvgIpc) is 2.31. The van der Waals surface area contributed by atoms with E-state index in [0.717, 1.165) is 5.56 Å². The Labute approximate surface area is 130 Å². The number of aromatic hydroxyl groups is 1. The maximum absolute atomic E-state index is 11.7. The van der Waals surface area contributed by atoms with E-state index in [9.17, 15) is 9.90 Å². The first-order chi connectivity index (χ1) is 8.81. The Morgan fingerprint density at radius 3 is 2.26 bits per heavy atom. The highest BCUT2D eigenvalue weighted by Gasteiger charge is 2.13. The molecule has 3 N–H and O–H groups in total. The largest absolute Gasteiger partial charge is 0.506 e. The van der Waals surface area contributed by atoms with Crippen LogP contribution in [-0.2, 0) is 11.3 Å². The summed E-state index contributed by atoms with van der Waals surface area (Å²) in [6, 6.07) is 3.50. The molecule has 0 fully saturated rings. The van der Waals surface area contributed by atoms with Gasteiger partial charge in [0.25, 0.3) is 0 Å². The summed E-state index contributed by atoms with van der Waals surface area (Å²) in [6.45, 7) is 6.23. The molecule has 0 saturated carbocycles. The number of phenolic OH excluding ortho intramolecular Hbond substituents is 1. The summed E-state index contributed by atoms with van der Waals surface area (Å²) in [4.78, 5) is 11.7. The number of halogens is 2. The number of carbonyl (C=O) groups excluding carboxylic acids is 1. The Hall–Kier alpha value is -0.590. The van der Waals surface area contributed by atoms with Crippen molar-refractivity contribution in [2.24, 2.45) is 0 Å². The van der Waals surface area contributed by atoms with Crippen molar-refractivity contribution in [3.8, 4) is 5.75 Å². The lowest BCUT2D eigenvalue weighted by Crippen LogP contribution is -2.44. The lowest BCUT2D eigenvalue weighted by molar-refractivity contribution is -0.123. The molecule has 6 heteroatoms. The van der Waals surface area contributed by atoms with Gasteiger partial charge in [0, 0.05) is 12.6 Å². The fourth-order valence-electron chi connectivity index (χ4n) is 1.49. The minimum Gasteiger partial charge on any atom is -0.506 e. The summed E-state index contributed by atoms with van der Waals surface area (Å²) in [7, 11) is 0. The molecule has 1 unspecified atom stereocenters. The van der Waals surface area contributed by atoms with E-state index in [1.54, 1.807) is 0 Å². The topological polar surface area (TPSA) is 61.4 Å². The van der Waals surface area contributed by atoms with Crippen molar-refractivity contribution in [2.75, 3.05) is 0 Å². The molecule has 1 amide bonds. The van der Waals surface area contributed by atoms with Gasteiger partial charge in [0.15, 0.2) is 0 Å². The molecule has 0 aliphatic rings. The molecule has 4 nitrogen and oxygen atoms in total. The van der Waals surface area contributed by atoms with Gasteiger partial charge in [-0.1, -0.05) is 0 Å². The average molecular weight is 394 g/mol. The molecular formula is C13H18Br2N2O2. The van der Waals surface area contributed by atoms with Gasteiger partial charge in [-0.15, -0.1) is 0 Å². The van der Waals surface area contributed by atoms with Crippen LogP contribution in [0.4, 0.5) is 0 Å². The van der Waals surface area contributed by atoms with E-state index in [1.165, 1.54) is 0 Å². The maximum atomic E-state index is 11.7. The SMILES string of the molecule is CC(C)NC(=O)C(C)NCc1cc(Br)c(O)c(Br)c1. The third-order valence-corrected chi connectivity index (χ3v) is 3.72. The molecule has 1 rings (SSSR count). The third-order valence-electron chi connectivity index (χ3n) is 2.51. The summed E-state index contributed by atoms with van der Waals surface area (Å²) in [5.74, 6) is 0.154. The summed E-state index contributed by atoms with van der Waals surface area (Å²) < 4.78 is 1.25. The molecule has 1 atom stereocenters. The zero-order valence-corrected chi connectivity index (χ0v) is 14.3. The molecule has 1 aromatic carbocycles. The van der Waals surface area contributed by atoms with Gasteiger partial charge in [-0.3, -0.25) is 4.79 Å². The van der Waals surface area contributed by atoms with E-state index in [-0.39, 0.29) is 23.7 Å². The fourth-order valence-corrected chi connectivity index (χ4v) is 2.77. The Balaban J connectivity index is 2.60. The van der Waals surface area contributed by atoms with Crippen LogP contribution in [0.25, 0.3) is 0 Å². The molecule has 0 heterocycles. The van der Waals surface area contributed by atoms with Crippen LogP contribution in [0.15, 0.2) is 21.1 Å². The van der Waals surface area contributed by atoms with Crippen molar-refractivity contribution in [2.45, 2.75) is 39.4 Å². The zero-order chi connectivity index (χ0) is 14.6. The van der Waals surface area contributed by atoms with E-state index >= 15 is 0 Å². The maximum Gasteiger partial charge on any atom is 0.237 e. The van der Waals surface area contributed by atoms with Crippen LogP contribution in [0.5, 0.6) is 5.75 Å². The van der Waals surface area contributed by atoms with Crippen molar-refractivity contribution < 1.29 is 9.90 Å². The number of phenols is 1. The van der Waals surface area contributed by atoms with Crippen LogP contribution in [0.3, 0.4) is 0 Å². The van der Waals surface area contributed by atoms with Crippen LogP contribution in [0.1, 0.15) is 26.3 Å². The normalized spacial score (nSPS) is 12.5. The number of rotatable bonds is 5. The molecule has 0 aliphatic heterocycles. The molecule has 0 bridgehead atoms. The van der Waals surface area contributed by atoms with Gasteiger partial charge >= 0.3 is 0 Å². The highest BCUT2D eigenvalue weighted by atomic mass is 79.9. The Morgan fingerprint density at radius 2 is 1.79 bits per heavy atom. The summed E-state index contributed by atoms with van der Waals surface area (Å²) >= 11 is 6.56. The Kier molecular flexibility index (Phi) is 6.29. The second-order valence-corrected chi connectivity index (χ2v) is 6.38. The van der Waals surface area contributed by atoms with Gasteiger partial charge in [-0.25, -0.2) is 0 Å². The molecule has 0 spiro atoms. The molecule has 106 valence electrons. The van der Waals surface area contributed by atoms with Gasteiger partial charge in [-0.2, -0.15) is 0 Å². The third kappa shape index (κ3) is 5.12. The lowest BCUT2D eigenvalue weighted by Gasteiger charge is -2.16. The van der Waals surface area contributed by atoms with Gasteiger partial charge < -0.3 is 15.7 Å². The number of carbonyl (C=O) groups is 1. The Bertz CT molecular complexity index is 441. The van der Waals surface area contributed by atoms with Crippen LogP contribution in [0.2, 0.25) is 0 Å². The smallest absolute Gasteiger partial charge is 0.237 e. The van der Waals surface area contributed by atoms with Crippen molar-refractivity contribution in [1.29, 1.82) is 0 Å². The van der Waals surface area contributed by atoms with Crippen molar-refractivity contribution in [1.82, 2.24) is 10.6 Å². The van der Waals surface area contributed by atoms with Crippen LogP contribution in [0, 0.1) is 0 Å². The van der Waals surface area contributed by atoms with Crippen LogP contribution >= 0.6 is 31.9 Å².